The van der Waals surface area contributed by atoms with Gasteiger partial charge in [-0.05, 0) is 80.6 Å². The summed E-state index contributed by atoms with van der Waals surface area (Å²) in [5.41, 5.74) is 4.81. The van der Waals surface area contributed by atoms with Gasteiger partial charge in [0.1, 0.15) is 17.5 Å². The van der Waals surface area contributed by atoms with Crippen molar-refractivity contribution in [2.24, 2.45) is 10.9 Å². The summed E-state index contributed by atoms with van der Waals surface area (Å²) < 4.78 is 29.6. The van der Waals surface area contributed by atoms with Crippen LogP contribution in [-0.2, 0) is 6.54 Å². The summed E-state index contributed by atoms with van der Waals surface area (Å²) in [6, 6.07) is 9.91. The maximum atomic E-state index is 15.8. The number of hydrogen-bond acceptors (Lipinski definition) is 3. The number of benzene rings is 2. The van der Waals surface area contributed by atoms with Gasteiger partial charge in [-0.25, -0.2) is 13.8 Å². The molecule has 0 atom stereocenters. The molecule has 0 unspecified atom stereocenters. The molecule has 4 rings (SSSR count). The van der Waals surface area contributed by atoms with E-state index in [4.69, 9.17) is 11.6 Å². The smallest absolute Gasteiger partial charge is 0.131 e. The van der Waals surface area contributed by atoms with Gasteiger partial charge in [-0.15, -0.1) is 0 Å². The van der Waals surface area contributed by atoms with Crippen molar-refractivity contribution in [3.05, 3.63) is 93.7 Å². The zero-order valence-corrected chi connectivity index (χ0v) is 30.4. The molecule has 1 aliphatic carbocycles. The Hall–Kier alpha value is -2.80. The predicted molar refractivity (Wildman–Crippen MR) is 199 cm³/mol. The lowest BCUT2D eigenvalue weighted by Crippen LogP contribution is -2.43. The fraction of sp³-hybridized carbons (Fsp3) is 0.525. The molecule has 4 nitrogen and oxygen atoms in total. The van der Waals surface area contributed by atoms with Gasteiger partial charge in [0, 0.05) is 60.8 Å². The maximum Gasteiger partial charge on any atom is 0.131 e. The number of halogens is 3. The van der Waals surface area contributed by atoms with Crippen LogP contribution >= 0.6 is 11.6 Å². The van der Waals surface area contributed by atoms with Gasteiger partial charge in [-0.1, -0.05) is 102 Å². The second kappa shape index (κ2) is 20.5. The lowest BCUT2D eigenvalue weighted by atomic mass is 9.90. The van der Waals surface area contributed by atoms with Crippen LogP contribution in [-0.4, -0.2) is 48.9 Å². The van der Waals surface area contributed by atoms with Gasteiger partial charge < -0.3 is 10.2 Å². The monoisotopic (exact) mass is 666 g/mol. The van der Waals surface area contributed by atoms with Crippen LogP contribution in [0.5, 0.6) is 0 Å². The van der Waals surface area contributed by atoms with Gasteiger partial charge in [0.25, 0.3) is 0 Å². The molecule has 0 aromatic heterocycles. The molecule has 2 aliphatic rings. The zero-order chi connectivity index (χ0) is 34.2. The van der Waals surface area contributed by atoms with Crippen molar-refractivity contribution < 1.29 is 8.78 Å². The second-order valence-electron chi connectivity index (χ2n) is 13.3. The summed E-state index contributed by atoms with van der Waals surface area (Å²) in [6.07, 6.45) is 17.2. The quantitative estimate of drug-likeness (QED) is 0.147. The van der Waals surface area contributed by atoms with Crippen LogP contribution in [0.15, 0.2) is 70.9 Å². The van der Waals surface area contributed by atoms with E-state index in [1.165, 1.54) is 44.2 Å². The van der Waals surface area contributed by atoms with E-state index in [-0.39, 0.29) is 5.82 Å². The molecule has 0 radical (unpaired) electrons. The number of unbranched alkanes of at least 4 members (excludes halogenated alkanes) is 2. The van der Waals surface area contributed by atoms with Gasteiger partial charge in [0.2, 0.25) is 0 Å². The highest BCUT2D eigenvalue weighted by atomic mass is 35.5. The van der Waals surface area contributed by atoms with Crippen LogP contribution in [0, 0.1) is 17.6 Å². The fourth-order valence-corrected chi connectivity index (χ4v) is 6.20. The van der Waals surface area contributed by atoms with Gasteiger partial charge >= 0.3 is 0 Å². The Morgan fingerprint density at radius 1 is 0.936 bits per heavy atom. The summed E-state index contributed by atoms with van der Waals surface area (Å²) >= 11 is 6.01. The van der Waals surface area contributed by atoms with Gasteiger partial charge in [0.15, 0.2) is 0 Å². The Labute approximate surface area is 288 Å². The maximum absolute atomic E-state index is 15.8. The van der Waals surface area contributed by atoms with E-state index >= 15 is 4.39 Å². The number of rotatable bonds is 11. The average Bonchev–Trinajstić information content (AvgIpc) is 3.03. The Morgan fingerprint density at radius 3 is 2.21 bits per heavy atom. The molecule has 2 fully saturated rings. The van der Waals surface area contributed by atoms with Gasteiger partial charge in [-0.2, -0.15) is 0 Å². The van der Waals surface area contributed by atoms with Crippen molar-refractivity contribution in [2.75, 3.05) is 38.5 Å². The van der Waals surface area contributed by atoms with E-state index in [1.807, 2.05) is 19.1 Å². The molecule has 0 spiro atoms. The second-order valence-corrected chi connectivity index (χ2v) is 13.7. The third-order valence-corrected chi connectivity index (χ3v) is 9.10. The van der Waals surface area contributed by atoms with Crippen molar-refractivity contribution in [2.45, 2.75) is 99.0 Å². The molecule has 0 bridgehead atoms. The highest BCUT2D eigenvalue weighted by Crippen LogP contribution is 2.32. The Kier molecular flexibility index (Phi) is 16.9. The molecule has 1 saturated heterocycles. The van der Waals surface area contributed by atoms with E-state index in [2.05, 4.69) is 60.1 Å². The molecule has 1 heterocycles. The van der Waals surface area contributed by atoms with Crippen molar-refractivity contribution in [3.8, 4) is 0 Å². The normalized spacial score (nSPS) is 17.8. The number of allylic oxidation sites excluding steroid dienone is 5. The molecule has 2 aromatic rings. The highest BCUT2D eigenvalue weighted by Gasteiger charge is 2.18. The minimum Gasteiger partial charge on any atom is -0.344 e. The molecule has 2 aromatic carbocycles. The SMILES string of the molecule is CC1CCCCC1.CCC/C=C(C)/C(=C\N=C(C)Nc1cc(F)cc(Cl)c1)C(=C\CCC)/c1ccc(CN2CCN(C)CC2)cc1F. The van der Waals surface area contributed by atoms with Crippen molar-refractivity contribution >= 4 is 28.7 Å². The first-order valence-corrected chi connectivity index (χ1v) is 18.0. The molecule has 0 amide bonds. The zero-order valence-electron chi connectivity index (χ0n) is 29.6. The highest BCUT2D eigenvalue weighted by molar-refractivity contribution is 6.30. The van der Waals surface area contributed by atoms with Crippen LogP contribution in [0.4, 0.5) is 14.5 Å². The first-order valence-electron chi connectivity index (χ1n) is 17.6. The largest absolute Gasteiger partial charge is 0.344 e. The van der Waals surface area contributed by atoms with E-state index in [0.29, 0.717) is 22.1 Å². The summed E-state index contributed by atoms with van der Waals surface area (Å²) in [7, 11) is 2.14. The van der Waals surface area contributed by atoms with Gasteiger partial charge in [-0.3, -0.25) is 4.90 Å². The summed E-state index contributed by atoms with van der Waals surface area (Å²) in [4.78, 5) is 9.35. The average molecular weight is 667 g/mol. The molecule has 258 valence electrons. The predicted octanol–water partition coefficient (Wildman–Crippen LogP) is 11.3. The standard InChI is InChI=1S/C33H43ClF2N4.C7H14/c1-6-8-10-24(3)32(22-37-25(4)38-29-20-27(34)19-28(35)21-29)30(11-9-7-2)31-13-12-26(18-33(31)36)23-40-16-14-39(5)15-17-40;1-7-5-3-2-4-6-7/h10-13,18-22H,6-9,14-17,23H2,1-5H3,(H,37,38);7H,2-6H2,1H3/b24-10+,30-11-,32-22+;. The first-order chi connectivity index (χ1) is 22.6. The third kappa shape index (κ3) is 13.7. The number of nitrogens with one attached hydrogen (secondary N) is 1. The van der Waals surface area contributed by atoms with Crippen LogP contribution in [0.25, 0.3) is 5.57 Å². The van der Waals surface area contributed by atoms with Crippen molar-refractivity contribution in [3.63, 3.8) is 0 Å². The lowest BCUT2D eigenvalue weighted by Gasteiger charge is -2.32. The number of hydrogen-bond donors (Lipinski definition) is 1. The molecule has 47 heavy (non-hydrogen) atoms. The Morgan fingerprint density at radius 2 is 1.62 bits per heavy atom. The molecular formula is C40H57ClF2N4. The number of likely N-dealkylation sites (N-methyl/N-ethyl adjacent to an activating group) is 1. The molecular weight excluding hydrogens is 610 g/mol. The van der Waals surface area contributed by atoms with Crippen LogP contribution < -0.4 is 5.32 Å². The summed E-state index contributed by atoms with van der Waals surface area (Å²) in [5, 5.41) is 3.41. The lowest BCUT2D eigenvalue weighted by molar-refractivity contribution is 0.148. The van der Waals surface area contributed by atoms with E-state index < -0.39 is 5.82 Å². The minimum atomic E-state index is -0.422. The van der Waals surface area contributed by atoms with Crippen LogP contribution in [0.2, 0.25) is 5.02 Å². The molecule has 1 saturated carbocycles. The van der Waals surface area contributed by atoms with Crippen molar-refractivity contribution in [1.82, 2.24) is 9.80 Å². The Bertz CT molecular complexity index is 1360. The first kappa shape index (κ1) is 38.6. The summed E-state index contributed by atoms with van der Waals surface area (Å²) in [6.45, 7) is 15.2. The topological polar surface area (TPSA) is 30.9 Å². The number of piperazine rings is 1. The molecule has 1 aliphatic heterocycles. The molecule has 1 N–H and O–H groups in total. The summed E-state index contributed by atoms with van der Waals surface area (Å²) in [5.74, 6) is 0.958. The van der Waals surface area contributed by atoms with Crippen LogP contribution in [0.3, 0.4) is 0 Å². The van der Waals surface area contributed by atoms with Crippen LogP contribution in [0.1, 0.15) is 104 Å². The van der Waals surface area contributed by atoms with Crippen molar-refractivity contribution in [1.29, 1.82) is 0 Å². The van der Waals surface area contributed by atoms with E-state index in [1.54, 1.807) is 25.3 Å². The fourth-order valence-electron chi connectivity index (χ4n) is 5.98. The molecule has 7 heteroatoms. The number of amidine groups is 1. The Balaban J connectivity index is 0.000000756. The van der Waals surface area contributed by atoms with Gasteiger partial charge in [0.05, 0.1) is 0 Å². The number of anilines is 1. The minimum absolute atomic E-state index is 0.226. The van der Waals surface area contributed by atoms with E-state index in [9.17, 15) is 4.39 Å². The number of nitrogens with zero attached hydrogens (tertiary/aromatic N) is 3. The van der Waals surface area contributed by atoms with E-state index in [0.717, 1.165) is 86.6 Å². The number of aliphatic imine (C=N–C) groups is 1. The third-order valence-electron chi connectivity index (χ3n) is 8.89.